The molecule has 0 aliphatic rings. The zero-order valence-electron chi connectivity index (χ0n) is 11.4. The number of methoxy groups -OCH3 is 1. The van der Waals surface area contributed by atoms with Gasteiger partial charge < -0.3 is 14.8 Å². The summed E-state index contributed by atoms with van der Waals surface area (Å²) in [7, 11) is 1.66. The van der Waals surface area contributed by atoms with Gasteiger partial charge in [0.1, 0.15) is 0 Å². The third kappa shape index (κ3) is 4.65. The SMILES string of the molecule is COc1ccc(CNC(C)C)cc1OC(C)C. The summed E-state index contributed by atoms with van der Waals surface area (Å²) in [5.41, 5.74) is 1.20. The van der Waals surface area contributed by atoms with Crippen LogP contribution >= 0.6 is 0 Å². The van der Waals surface area contributed by atoms with E-state index >= 15 is 0 Å². The molecule has 0 aromatic heterocycles. The highest BCUT2D eigenvalue weighted by molar-refractivity contribution is 5.43. The molecule has 1 aromatic carbocycles. The average Bonchev–Trinajstić information content (AvgIpc) is 2.25. The van der Waals surface area contributed by atoms with Crippen molar-refractivity contribution in [1.29, 1.82) is 0 Å². The van der Waals surface area contributed by atoms with Crippen LogP contribution in [0.5, 0.6) is 11.5 Å². The summed E-state index contributed by atoms with van der Waals surface area (Å²) < 4.78 is 11.0. The Bertz CT molecular complexity index is 348. The van der Waals surface area contributed by atoms with E-state index in [1.165, 1.54) is 5.56 Å². The molecule has 0 saturated heterocycles. The second-order valence-corrected chi connectivity index (χ2v) is 4.69. The monoisotopic (exact) mass is 237 g/mol. The Kier molecular flexibility index (Phi) is 5.29. The third-order valence-corrected chi connectivity index (χ3v) is 2.31. The molecule has 0 unspecified atom stereocenters. The Hall–Kier alpha value is -1.22. The highest BCUT2D eigenvalue weighted by Crippen LogP contribution is 2.28. The largest absolute Gasteiger partial charge is 0.493 e. The second-order valence-electron chi connectivity index (χ2n) is 4.69. The van der Waals surface area contributed by atoms with Crippen molar-refractivity contribution in [2.75, 3.05) is 7.11 Å². The minimum absolute atomic E-state index is 0.150. The highest BCUT2D eigenvalue weighted by atomic mass is 16.5. The Morgan fingerprint density at radius 3 is 2.35 bits per heavy atom. The molecule has 0 saturated carbocycles. The van der Waals surface area contributed by atoms with Crippen molar-refractivity contribution < 1.29 is 9.47 Å². The Labute approximate surface area is 104 Å². The number of nitrogens with one attached hydrogen (secondary N) is 1. The molecule has 0 heterocycles. The molecule has 0 aliphatic carbocycles. The summed E-state index contributed by atoms with van der Waals surface area (Å²) >= 11 is 0. The van der Waals surface area contributed by atoms with Gasteiger partial charge in [-0.15, -0.1) is 0 Å². The van der Waals surface area contributed by atoms with Crippen LogP contribution in [0, 0.1) is 0 Å². The lowest BCUT2D eigenvalue weighted by Crippen LogP contribution is -2.21. The van der Waals surface area contributed by atoms with E-state index in [1.807, 2.05) is 26.0 Å². The third-order valence-electron chi connectivity index (χ3n) is 2.31. The summed E-state index contributed by atoms with van der Waals surface area (Å²) in [6.45, 7) is 9.14. The van der Waals surface area contributed by atoms with E-state index in [9.17, 15) is 0 Å². The molecule has 1 N–H and O–H groups in total. The van der Waals surface area contributed by atoms with Crippen molar-refractivity contribution in [3.05, 3.63) is 23.8 Å². The topological polar surface area (TPSA) is 30.5 Å². The van der Waals surface area contributed by atoms with Gasteiger partial charge in [-0.25, -0.2) is 0 Å². The number of hydrogen-bond donors (Lipinski definition) is 1. The Balaban J connectivity index is 2.80. The van der Waals surface area contributed by atoms with Gasteiger partial charge in [-0.1, -0.05) is 19.9 Å². The van der Waals surface area contributed by atoms with Crippen LogP contribution in [0.25, 0.3) is 0 Å². The standard InChI is InChI=1S/C14H23NO2/c1-10(2)15-9-12-6-7-13(16-5)14(8-12)17-11(3)4/h6-8,10-11,15H,9H2,1-5H3. The Morgan fingerprint density at radius 2 is 1.82 bits per heavy atom. The first-order valence-corrected chi connectivity index (χ1v) is 6.10. The second kappa shape index (κ2) is 6.50. The van der Waals surface area contributed by atoms with E-state index < -0.39 is 0 Å². The fraction of sp³-hybridized carbons (Fsp3) is 0.571. The van der Waals surface area contributed by atoms with E-state index in [-0.39, 0.29) is 6.10 Å². The van der Waals surface area contributed by atoms with E-state index in [1.54, 1.807) is 7.11 Å². The molecule has 0 fully saturated rings. The first-order chi connectivity index (χ1) is 8.02. The molecule has 0 spiro atoms. The molecular weight excluding hydrogens is 214 g/mol. The van der Waals surface area contributed by atoms with Gasteiger partial charge in [-0.2, -0.15) is 0 Å². The van der Waals surface area contributed by atoms with Crippen molar-refractivity contribution >= 4 is 0 Å². The molecule has 96 valence electrons. The molecule has 3 nitrogen and oxygen atoms in total. The molecule has 3 heteroatoms. The smallest absolute Gasteiger partial charge is 0.161 e. The lowest BCUT2D eigenvalue weighted by atomic mass is 10.2. The van der Waals surface area contributed by atoms with Crippen LogP contribution < -0.4 is 14.8 Å². The van der Waals surface area contributed by atoms with E-state index in [2.05, 4.69) is 25.2 Å². The molecule has 0 amide bonds. The maximum Gasteiger partial charge on any atom is 0.161 e. The molecule has 0 radical (unpaired) electrons. The fourth-order valence-corrected chi connectivity index (χ4v) is 1.50. The van der Waals surface area contributed by atoms with Crippen molar-refractivity contribution in [3.63, 3.8) is 0 Å². The van der Waals surface area contributed by atoms with Crippen molar-refractivity contribution in [1.82, 2.24) is 5.32 Å². The summed E-state index contributed by atoms with van der Waals surface area (Å²) in [5, 5.41) is 3.38. The number of rotatable bonds is 6. The molecule has 1 rings (SSSR count). The van der Waals surface area contributed by atoms with Crippen molar-refractivity contribution in [3.8, 4) is 11.5 Å². The summed E-state index contributed by atoms with van der Waals surface area (Å²) in [6, 6.07) is 6.52. The van der Waals surface area contributed by atoms with Crippen LogP contribution in [0.4, 0.5) is 0 Å². The van der Waals surface area contributed by atoms with Crippen LogP contribution in [0.1, 0.15) is 33.3 Å². The van der Waals surface area contributed by atoms with Crippen LogP contribution in [0.2, 0.25) is 0 Å². The quantitative estimate of drug-likeness (QED) is 0.825. The molecular formula is C14H23NO2. The summed E-state index contributed by atoms with van der Waals surface area (Å²) in [4.78, 5) is 0. The molecule has 0 bridgehead atoms. The van der Waals surface area contributed by atoms with Crippen LogP contribution in [0.3, 0.4) is 0 Å². The summed E-state index contributed by atoms with van der Waals surface area (Å²) in [5.74, 6) is 1.59. The van der Waals surface area contributed by atoms with Gasteiger partial charge in [0.05, 0.1) is 13.2 Å². The predicted molar refractivity (Wildman–Crippen MR) is 70.7 cm³/mol. The number of ether oxygens (including phenoxy) is 2. The maximum absolute atomic E-state index is 5.73. The predicted octanol–water partition coefficient (Wildman–Crippen LogP) is 2.98. The van der Waals surface area contributed by atoms with Crippen molar-refractivity contribution in [2.45, 2.75) is 46.4 Å². The van der Waals surface area contributed by atoms with E-state index in [0.29, 0.717) is 6.04 Å². The van der Waals surface area contributed by atoms with Crippen LogP contribution in [0.15, 0.2) is 18.2 Å². The van der Waals surface area contributed by atoms with Gasteiger partial charge in [-0.05, 0) is 31.5 Å². The Morgan fingerprint density at radius 1 is 1.12 bits per heavy atom. The van der Waals surface area contributed by atoms with Gasteiger partial charge in [0.2, 0.25) is 0 Å². The zero-order chi connectivity index (χ0) is 12.8. The van der Waals surface area contributed by atoms with Crippen molar-refractivity contribution in [2.24, 2.45) is 0 Å². The van der Waals surface area contributed by atoms with Gasteiger partial charge in [0.15, 0.2) is 11.5 Å². The van der Waals surface area contributed by atoms with Gasteiger partial charge in [0, 0.05) is 12.6 Å². The van der Waals surface area contributed by atoms with Crippen LogP contribution in [-0.4, -0.2) is 19.3 Å². The molecule has 17 heavy (non-hydrogen) atoms. The average molecular weight is 237 g/mol. The van der Waals surface area contributed by atoms with E-state index in [0.717, 1.165) is 18.0 Å². The first kappa shape index (κ1) is 13.8. The lowest BCUT2D eigenvalue weighted by molar-refractivity contribution is 0.230. The molecule has 1 aromatic rings. The normalized spacial score (nSPS) is 11.0. The van der Waals surface area contributed by atoms with Crippen LogP contribution in [-0.2, 0) is 6.54 Å². The zero-order valence-corrected chi connectivity index (χ0v) is 11.4. The minimum atomic E-state index is 0.150. The first-order valence-electron chi connectivity index (χ1n) is 6.10. The maximum atomic E-state index is 5.73. The lowest BCUT2D eigenvalue weighted by Gasteiger charge is -2.15. The number of hydrogen-bond acceptors (Lipinski definition) is 3. The highest BCUT2D eigenvalue weighted by Gasteiger charge is 2.07. The molecule has 0 aliphatic heterocycles. The van der Waals surface area contributed by atoms with E-state index in [4.69, 9.17) is 9.47 Å². The summed E-state index contributed by atoms with van der Waals surface area (Å²) in [6.07, 6.45) is 0.150. The fourth-order valence-electron chi connectivity index (χ4n) is 1.50. The number of benzene rings is 1. The minimum Gasteiger partial charge on any atom is -0.493 e. The van der Waals surface area contributed by atoms with Gasteiger partial charge in [0.25, 0.3) is 0 Å². The molecule has 0 atom stereocenters. The van der Waals surface area contributed by atoms with Gasteiger partial charge in [-0.3, -0.25) is 0 Å². The van der Waals surface area contributed by atoms with Gasteiger partial charge >= 0.3 is 0 Å².